The van der Waals surface area contributed by atoms with Crippen molar-refractivity contribution in [1.29, 1.82) is 0 Å². The van der Waals surface area contributed by atoms with Gasteiger partial charge >= 0.3 is 0 Å². The van der Waals surface area contributed by atoms with E-state index in [0.29, 0.717) is 12.0 Å². The molecule has 0 aromatic rings. The summed E-state index contributed by atoms with van der Waals surface area (Å²) in [6, 6.07) is 0. The molecule has 0 spiro atoms. The second-order valence-electron chi connectivity index (χ2n) is 15.1. The molecule has 4 rings (SSSR count). The molecule has 0 radical (unpaired) electrons. The van der Waals surface area contributed by atoms with Crippen LogP contribution in [0.3, 0.4) is 0 Å². The summed E-state index contributed by atoms with van der Waals surface area (Å²) in [6.07, 6.45) is 15.8. The minimum atomic E-state index is -2.30. The highest BCUT2D eigenvalue weighted by Crippen LogP contribution is 2.68. The van der Waals surface area contributed by atoms with E-state index >= 15 is 0 Å². The molecule has 12 atom stereocenters. The Hall–Kier alpha value is -1.13. The molecule has 1 saturated heterocycles. The number of Topliss-reactive ketones (excluding diaryl/α,β-unsaturated/α-hetero) is 1. The van der Waals surface area contributed by atoms with Crippen LogP contribution in [-0.4, -0.2) is 85.7 Å². The number of ketones is 1. The largest absolute Gasteiger partial charge is 0.393 e. The zero-order valence-corrected chi connectivity index (χ0v) is 28.5. The number of carbonyl (C=O) groups is 1. The van der Waals surface area contributed by atoms with E-state index in [0.717, 1.165) is 19.3 Å². The van der Waals surface area contributed by atoms with Crippen molar-refractivity contribution in [1.82, 2.24) is 0 Å². The smallest absolute Gasteiger partial charge is 0.170 e. The van der Waals surface area contributed by atoms with Crippen molar-refractivity contribution in [2.45, 2.75) is 158 Å². The average molecular weight is 635 g/mol. The number of ether oxygens (including phenoxy) is 2. The van der Waals surface area contributed by atoms with Crippen LogP contribution in [0.4, 0.5) is 0 Å². The molecular formula is C37H62O8. The van der Waals surface area contributed by atoms with Gasteiger partial charge in [0.2, 0.25) is 0 Å². The Labute approximate surface area is 271 Å². The lowest BCUT2D eigenvalue weighted by atomic mass is 9.52. The Kier molecular flexibility index (Phi) is 11.9. The molecule has 1 heterocycles. The van der Waals surface area contributed by atoms with Crippen LogP contribution in [0.1, 0.15) is 118 Å². The highest BCUT2D eigenvalue weighted by Gasteiger charge is 2.85. The summed E-state index contributed by atoms with van der Waals surface area (Å²) >= 11 is 0. The summed E-state index contributed by atoms with van der Waals surface area (Å²) in [6.45, 7) is 10.8. The molecule has 4 fully saturated rings. The van der Waals surface area contributed by atoms with Crippen molar-refractivity contribution < 1.29 is 39.8 Å². The fraction of sp³-hybridized carbons (Fsp3) is 0.865. The third-order valence-electron chi connectivity index (χ3n) is 12.4. The molecule has 0 bridgehead atoms. The first-order valence-electron chi connectivity index (χ1n) is 17.8. The number of methoxy groups -OCH3 is 1. The molecule has 0 unspecified atom stereocenters. The van der Waals surface area contributed by atoms with Gasteiger partial charge in [-0.3, -0.25) is 4.79 Å². The van der Waals surface area contributed by atoms with Gasteiger partial charge in [-0.2, -0.15) is 0 Å². The summed E-state index contributed by atoms with van der Waals surface area (Å²) in [5.74, 6) is -4.01. The van der Waals surface area contributed by atoms with Crippen LogP contribution in [-0.2, 0) is 14.3 Å². The van der Waals surface area contributed by atoms with E-state index in [4.69, 9.17) is 9.47 Å². The number of rotatable bonds is 17. The molecule has 8 heteroatoms. The second-order valence-corrected chi connectivity index (χ2v) is 15.1. The van der Waals surface area contributed by atoms with Crippen molar-refractivity contribution in [3.8, 4) is 0 Å². The predicted molar refractivity (Wildman–Crippen MR) is 174 cm³/mol. The Bertz CT molecular complexity index is 1060. The summed E-state index contributed by atoms with van der Waals surface area (Å²) < 4.78 is 11.9. The van der Waals surface area contributed by atoms with Gasteiger partial charge < -0.3 is 35.0 Å². The normalized spacial score (nSPS) is 44.0. The third kappa shape index (κ3) is 6.15. The minimum Gasteiger partial charge on any atom is -0.393 e. The Morgan fingerprint density at radius 2 is 1.56 bits per heavy atom. The number of epoxide rings is 1. The lowest BCUT2D eigenvalue weighted by Crippen LogP contribution is -2.71. The Morgan fingerprint density at radius 3 is 2.07 bits per heavy atom. The molecule has 5 N–H and O–H groups in total. The highest BCUT2D eigenvalue weighted by molar-refractivity contribution is 5.93. The molecule has 0 amide bonds. The van der Waals surface area contributed by atoms with E-state index in [-0.39, 0.29) is 12.3 Å². The van der Waals surface area contributed by atoms with Gasteiger partial charge in [0.15, 0.2) is 11.4 Å². The van der Waals surface area contributed by atoms with Gasteiger partial charge in [-0.15, -0.1) is 0 Å². The van der Waals surface area contributed by atoms with E-state index < -0.39 is 76.8 Å². The van der Waals surface area contributed by atoms with Crippen LogP contribution < -0.4 is 0 Å². The number of hydrogen-bond donors (Lipinski definition) is 5. The number of aliphatic hydroxyl groups is 5. The molecule has 0 aromatic carbocycles. The van der Waals surface area contributed by atoms with Gasteiger partial charge in [-0.1, -0.05) is 96.8 Å². The van der Waals surface area contributed by atoms with Crippen LogP contribution in [0.2, 0.25) is 0 Å². The number of fused-ring (bicyclic) bond motifs is 5. The molecule has 4 aliphatic rings. The van der Waals surface area contributed by atoms with Gasteiger partial charge in [-0.05, 0) is 56.9 Å². The summed E-state index contributed by atoms with van der Waals surface area (Å²) in [7, 11) is 1.46. The maximum Gasteiger partial charge on any atom is 0.170 e. The quantitative estimate of drug-likeness (QED) is 0.0853. The van der Waals surface area contributed by atoms with Crippen LogP contribution in [0, 0.1) is 29.6 Å². The maximum absolute atomic E-state index is 14.0. The molecule has 0 aromatic heterocycles. The Balaban J connectivity index is 1.45. The fourth-order valence-electron chi connectivity index (χ4n) is 9.82. The maximum atomic E-state index is 14.0. The predicted octanol–water partition coefficient (Wildman–Crippen LogP) is 5.03. The molecule has 45 heavy (non-hydrogen) atoms. The second kappa shape index (κ2) is 14.6. The van der Waals surface area contributed by atoms with Gasteiger partial charge in [0, 0.05) is 24.9 Å². The van der Waals surface area contributed by atoms with Crippen molar-refractivity contribution in [2.24, 2.45) is 29.6 Å². The van der Waals surface area contributed by atoms with E-state index in [1.165, 1.54) is 64.9 Å². The summed E-state index contributed by atoms with van der Waals surface area (Å²) in [5, 5.41) is 59.4. The molecule has 3 saturated carbocycles. The third-order valence-corrected chi connectivity index (χ3v) is 12.4. The van der Waals surface area contributed by atoms with E-state index in [1.54, 1.807) is 13.8 Å². The zero-order valence-electron chi connectivity index (χ0n) is 28.5. The summed E-state index contributed by atoms with van der Waals surface area (Å²) in [5.41, 5.74) is -6.67. The van der Waals surface area contributed by atoms with E-state index in [9.17, 15) is 30.3 Å². The number of allylic oxidation sites excluding steroid dienone is 2. The number of hydrogen-bond acceptors (Lipinski definition) is 8. The van der Waals surface area contributed by atoms with E-state index in [1.807, 2.05) is 6.92 Å². The van der Waals surface area contributed by atoms with Gasteiger partial charge in [0.1, 0.15) is 23.4 Å². The van der Waals surface area contributed by atoms with Crippen molar-refractivity contribution >= 4 is 5.78 Å². The molecule has 3 aliphatic carbocycles. The standard InChI is InChI=1S/C37H62O8/c1-7-8-9-10-11-12-13-14-15-16-17-18-19-20-21-27-26(5)30(39)37(43)29(27)36(42)25(4)22-34(41,24(2)3)31(44-6)28(36)32-35(23-38,45-32)33(37)40/h7-8,25-29,31-33,38,40-43H,2,9-23H2,1,3-6H3/t25-,26+,27+,28-,29-,31-,32+,33-,34-,35+,36-,37-/m1/s1. The van der Waals surface area contributed by atoms with Crippen LogP contribution >= 0.6 is 0 Å². The number of aliphatic hydroxyl groups excluding tert-OH is 2. The lowest BCUT2D eigenvalue weighted by Gasteiger charge is -2.58. The minimum absolute atomic E-state index is 0.112. The monoisotopic (exact) mass is 634 g/mol. The molecule has 8 nitrogen and oxygen atoms in total. The fourth-order valence-corrected chi connectivity index (χ4v) is 9.82. The van der Waals surface area contributed by atoms with E-state index in [2.05, 4.69) is 25.7 Å². The van der Waals surface area contributed by atoms with Gasteiger partial charge in [0.25, 0.3) is 0 Å². The van der Waals surface area contributed by atoms with Crippen molar-refractivity contribution in [3.05, 3.63) is 24.3 Å². The number of carbonyl (C=O) groups excluding carboxylic acids is 1. The first kappa shape index (κ1) is 36.7. The van der Waals surface area contributed by atoms with Crippen molar-refractivity contribution in [3.63, 3.8) is 0 Å². The first-order valence-corrected chi connectivity index (χ1v) is 17.8. The lowest BCUT2D eigenvalue weighted by molar-refractivity contribution is -0.266. The first-order chi connectivity index (χ1) is 21.3. The van der Waals surface area contributed by atoms with Gasteiger partial charge in [-0.25, -0.2) is 0 Å². The van der Waals surface area contributed by atoms with Gasteiger partial charge in [0.05, 0.1) is 18.3 Å². The number of unbranched alkanes of at least 4 members (excludes halogenated alkanes) is 11. The Morgan fingerprint density at radius 1 is 1.00 bits per heavy atom. The molecule has 258 valence electrons. The van der Waals surface area contributed by atoms with Crippen molar-refractivity contribution in [2.75, 3.05) is 13.7 Å². The SMILES string of the molecule is C=C(C)[C@]1(O)C[C@@H](C)[C@@]2(O)[C@H]([C@H]1OC)[C@@H]1O[C@]1(CO)[C@@H](O)[C@]1(O)C(=O)[C@@H](C)[C@H](CCCCCCCCCCCCCC=CC)[C@@H]12. The highest BCUT2D eigenvalue weighted by atomic mass is 16.6. The zero-order chi connectivity index (χ0) is 33.2. The topological polar surface area (TPSA) is 140 Å². The molecule has 1 aliphatic heterocycles. The molecular weight excluding hydrogens is 572 g/mol. The average Bonchev–Trinajstić information content (AvgIpc) is 3.71. The van der Waals surface area contributed by atoms with Crippen LogP contribution in [0.25, 0.3) is 0 Å². The summed E-state index contributed by atoms with van der Waals surface area (Å²) in [4.78, 5) is 14.0. The van der Waals surface area contributed by atoms with Crippen LogP contribution in [0.5, 0.6) is 0 Å². The van der Waals surface area contributed by atoms with Crippen LogP contribution in [0.15, 0.2) is 24.3 Å².